The second kappa shape index (κ2) is 13.4. The number of aromatic nitrogens is 3. The Morgan fingerprint density at radius 2 is 1.68 bits per heavy atom. The van der Waals surface area contributed by atoms with Crippen molar-refractivity contribution < 1.29 is 19.1 Å². The van der Waals surface area contributed by atoms with Gasteiger partial charge in [-0.1, -0.05) is 23.7 Å². The lowest BCUT2D eigenvalue weighted by Crippen LogP contribution is -2.34. The Labute approximate surface area is 263 Å². The third-order valence-electron chi connectivity index (χ3n) is 7.24. The molecule has 0 saturated carbocycles. The molecular weight excluding hydrogens is 600 g/mol. The molecule has 5 rings (SSSR count). The highest BCUT2D eigenvalue weighted by Crippen LogP contribution is 2.39. The average molecular weight is 631 g/mol. The maximum atomic E-state index is 13.1. The molecule has 0 aliphatic carbocycles. The van der Waals surface area contributed by atoms with Crippen molar-refractivity contribution >= 4 is 46.2 Å². The Morgan fingerprint density at radius 3 is 2.39 bits per heavy atom. The van der Waals surface area contributed by atoms with Crippen LogP contribution in [-0.4, -0.2) is 58.3 Å². The van der Waals surface area contributed by atoms with E-state index in [1.807, 2.05) is 35.8 Å². The topological polar surface area (TPSA) is 128 Å². The van der Waals surface area contributed by atoms with Crippen molar-refractivity contribution in [2.45, 2.75) is 33.2 Å². The second-order valence-corrected chi connectivity index (χ2v) is 11.8. The molecule has 1 atom stereocenters. The fourth-order valence-corrected chi connectivity index (χ4v) is 6.17. The van der Waals surface area contributed by atoms with Crippen molar-refractivity contribution in [2.24, 2.45) is 4.99 Å². The first-order valence-electron chi connectivity index (χ1n) is 13.9. The molecule has 4 aromatic rings. The number of amides is 2. The Balaban J connectivity index is 1.25. The molecule has 2 amide bonds. The number of benzene rings is 2. The van der Waals surface area contributed by atoms with Crippen molar-refractivity contribution in [1.82, 2.24) is 25.4 Å². The molecule has 10 nitrogen and oxygen atoms in total. The number of carbonyl (C=O) groups excluding carboxylic acids is 3. The molecule has 44 heavy (non-hydrogen) atoms. The van der Waals surface area contributed by atoms with Crippen LogP contribution in [0.5, 0.6) is 5.75 Å². The fraction of sp³-hybridized carbons (Fsp3) is 0.250. The van der Waals surface area contributed by atoms with Crippen molar-refractivity contribution in [1.29, 1.82) is 0 Å². The Hall–Kier alpha value is -4.61. The minimum absolute atomic E-state index is 0.0341. The van der Waals surface area contributed by atoms with Gasteiger partial charge in [0.1, 0.15) is 22.6 Å². The lowest BCUT2D eigenvalue weighted by Gasteiger charge is -2.13. The van der Waals surface area contributed by atoms with E-state index >= 15 is 0 Å². The number of allylic oxidation sites excluding steroid dienone is 1. The van der Waals surface area contributed by atoms with Gasteiger partial charge < -0.3 is 15.4 Å². The van der Waals surface area contributed by atoms with Gasteiger partial charge in [0.05, 0.1) is 19.2 Å². The number of aryl methyl sites for hydroxylation is 2. The predicted molar refractivity (Wildman–Crippen MR) is 170 cm³/mol. The number of ether oxygens (including phenoxy) is 1. The summed E-state index contributed by atoms with van der Waals surface area (Å²) < 4.78 is 7.08. The largest absolute Gasteiger partial charge is 0.497 e. The van der Waals surface area contributed by atoms with E-state index in [0.29, 0.717) is 28.0 Å². The molecule has 12 heteroatoms. The quantitative estimate of drug-likeness (QED) is 0.146. The molecule has 2 aromatic heterocycles. The van der Waals surface area contributed by atoms with Gasteiger partial charge in [-0.3, -0.25) is 23.9 Å². The highest BCUT2D eigenvalue weighted by atomic mass is 35.5. The smallest absolute Gasteiger partial charge is 0.244 e. The lowest BCUT2D eigenvalue weighted by atomic mass is 9.99. The van der Waals surface area contributed by atoms with Crippen molar-refractivity contribution in [3.05, 3.63) is 104 Å². The summed E-state index contributed by atoms with van der Waals surface area (Å²) in [7, 11) is 1.54. The summed E-state index contributed by atoms with van der Waals surface area (Å²) in [6.07, 6.45) is 2.41. The molecule has 2 N–H and O–H groups in total. The van der Waals surface area contributed by atoms with E-state index in [-0.39, 0.29) is 31.2 Å². The van der Waals surface area contributed by atoms with Crippen LogP contribution in [0.4, 0.5) is 0 Å². The molecule has 1 aliphatic heterocycles. The van der Waals surface area contributed by atoms with Gasteiger partial charge in [-0.25, -0.2) is 0 Å². The van der Waals surface area contributed by atoms with E-state index in [9.17, 15) is 14.4 Å². The van der Waals surface area contributed by atoms with Gasteiger partial charge in [-0.05, 0) is 68.8 Å². The van der Waals surface area contributed by atoms with Gasteiger partial charge in [-0.2, -0.15) is 0 Å². The molecular formula is C32H31ClN6O4S. The molecule has 2 aromatic carbocycles. The van der Waals surface area contributed by atoms with Crippen molar-refractivity contribution in [3.8, 4) is 10.8 Å². The SMILES string of the molecule is COc1ccc(C(=O)/C=C/C(=O)NCCNC(=O)C[C@@H]2N=C(c3ccc(Cl)cc3)c3c(sc(C)c3C)-n3c(C)nnc32)cc1. The van der Waals surface area contributed by atoms with Crippen LogP contribution >= 0.6 is 22.9 Å². The summed E-state index contributed by atoms with van der Waals surface area (Å²) in [4.78, 5) is 43.9. The zero-order valence-corrected chi connectivity index (χ0v) is 26.3. The van der Waals surface area contributed by atoms with Gasteiger partial charge in [0.2, 0.25) is 11.8 Å². The number of thiophene rings is 1. The Kier molecular flexibility index (Phi) is 9.36. The maximum Gasteiger partial charge on any atom is 0.244 e. The molecule has 226 valence electrons. The van der Waals surface area contributed by atoms with Crippen LogP contribution in [0.2, 0.25) is 5.02 Å². The van der Waals surface area contributed by atoms with Gasteiger partial charge in [0, 0.05) is 45.8 Å². The molecule has 0 saturated heterocycles. The molecule has 0 fully saturated rings. The number of rotatable bonds is 10. The van der Waals surface area contributed by atoms with Crippen LogP contribution in [0, 0.1) is 20.8 Å². The van der Waals surface area contributed by atoms with E-state index in [4.69, 9.17) is 21.3 Å². The van der Waals surface area contributed by atoms with Crippen LogP contribution < -0.4 is 15.4 Å². The van der Waals surface area contributed by atoms with E-state index in [1.165, 1.54) is 12.2 Å². The number of nitrogens with zero attached hydrogens (tertiary/aromatic N) is 4. The number of hydrogen-bond acceptors (Lipinski definition) is 8. The normalized spacial score (nSPS) is 13.9. The number of methoxy groups -OCH3 is 1. The van der Waals surface area contributed by atoms with Crippen molar-refractivity contribution in [2.75, 3.05) is 20.2 Å². The van der Waals surface area contributed by atoms with Crippen molar-refractivity contribution in [3.63, 3.8) is 0 Å². The van der Waals surface area contributed by atoms with Gasteiger partial charge in [-0.15, -0.1) is 21.5 Å². The number of halogens is 1. The third-order valence-corrected chi connectivity index (χ3v) is 8.69. The lowest BCUT2D eigenvalue weighted by molar-refractivity contribution is -0.122. The minimum atomic E-state index is -0.595. The van der Waals surface area contributed by atoms with Gasteiger partial charge in [0.15, 0.2) is 11.6 Å². The molecule has 3 heterocycles. The first-order valence-corrected chi connectivity index (χ1v) is 15.1. The number of aliphatic imine (C=N–C) groups is 1. The number of carbonyl (C=O) groups is 3. The molecule has 0 bridgehead atoms. The number of ketones is 1. The number of fused-ring (bicyclic) bond motifs is 3. The zero-order chi connectivity index (χ0) is 31.4. The standard InChI is InChI=1S/C32H31ClN6O4S/c1-18-19(2)44-32-29(18)30(22-5-9-23(33)10-6-22)36-25(31-38-37-20(3)39(31)32)17-28(42)35-16-15-34-27(41)14-13-26(40)21-7-11-24(43-4)12-8-21/h5-14,25H,15-17H2,1-4H3,(H,34,41)(H,35,42)/b14-13+/t25-/m0/s1. The summed E-state index contributed by atoms with van der Waals surface area (Å²) in [6.45, 7) is 6.41. The van der Waals surface area contributed by atoms with Crippen LogP contribution in [-0.2, 0) is 9.59 Å². The van der Waals surface area contributed by atoms with Crippen LogP contribution in [0.1, 0.15) is 56.0 Å². The Bertz CT molecular complexity index is 1770. The van der Waals surface area contributed by atoms with E-state index in [1.54, 1.807) is 42.7 Å². The average Bonchev–Trinajstić information content (AvgIpc) is 3.50. The van der Waals surface area contributed by atoms with Gasteiger partial charge >= 0.3 is 0 Å². The van der Waals surface area contributed by atoms with E-state index in [2.05, 4.69) is 34.7 Å². The second-order valence-electron chi connectivity index (χ2n) is 10.2. The highest BCUT2D eigenvalue weighted by Gasteiger charge is 2.32. The Morgan fingerprint density at radius 1 is 0.977 bits per heavy atom. The molecule has 1 aliphatic rings. The van der Waals surface area contributed by atoms with Crippen LogP contribution in [0.25, 0.3) is 5.00 Å². The molecule has 0 spiro atoms. The summed E-state index contributed by atoms with van der Waals surface area (Å²) in [5.74, 6) is 0.935. The maximum absolute atomic E-state index is 13.1. The van der Waals surface area contributed by atoms with Gasteiger partial charge in [0.25, 0.3) is 0 Å². The summed E-state index contributed by atoms with van der Waals surface area (Å²) in [5.41, 5.74) is 4.19. The zero-order valence-electron chi connectivity index (χ0n) is 24.7. The summed E-state index contributed by atoms with van der Waals surface area (Å²) in [5, 5.41) is 15.8. The highest BCUT2D eigenvalue weighted by molar-refractivity contribution is 7.15. The summed E-state index contributed by atoms with van der Waals surface area (Å²) >= 11 is 7.82. The van der Waals surface area contributed by atoms with Crippen LogP contribution in [0.15, 0.2) is 65.7 Å². The third kappa shape index (κ3) is 6.63. The first kappa shape index (κ1) is 30.8. The minimum Gasteiger partial charge on any atom is -0.497 e. The predicted octanol–water partition coefficient (Wildman–Crippen LogP) is 4.87. The molecule has 0 radical (unpaired) electrons. The van der Waals surface area contributed by atoms with Crippen LogP contribution in [0.3, 0.4) is 0 Å². The number of hydrogen-bond donors (Lipinski definition) is 2. The fourth-order valence-electron chi connectivity index (χ4n) is 4.83. The summed E-state index contributed by atoms with van der Waals surface area (Å²) in [6, 6.07) is 13.5. The molecule has 0 unspecified atom stereocenters. The monoisotopic (exact) mass is 630 g/mol. The van der Waals surface area contributed by atoms with E-state index in [0.717, 1.165) is 32.3 Å². The first-order chi connectivity index (χ1) is 21.2. The number of nitrogens with one attached hydrogen (secondary N) is 2. The van der Waals surface area contributed by atoms with E-state index < -0.39 is 11.9 Å².